The molecule has 1 heterocycles. The number of hydrogen-bond donors (Lipinski definition) is 1. The summed E-state index contributed by atoms with van der Waals surface area (Å²) in [6, 6.07) is 4.87. The maximum Gasteiger partial charge on any atom is 0.185 e. The monoisotopic (exact) mass is 357 g/mol. The molecule has 1 N–H and O–H groups in total. The molecule has 0 atom stereocenters. The predicted molar refractivity (Wildman–Crippen MR) is 87.1 cm³/mol. The van der Waals surface area contributed by atoms with Gasteiger partial charge in [-0.05, 0) is 32.0 Å². The molecule has 2 aromatic rings. The van der Waals surface area contributed by atoms with Gasteiger partial charge in [0.15, 0.2) is 5.13 Å². The number of halogens is 2. The molecular weight excluding hydrogens is 341 g/mol. The Morgan fingerprint density at radius 1 is 1.35 bits per heavy atom. The highest BCUT2D eigenvalue weighted by Gasteiger charge is 2.08. The summed E-state index contributed by atoms with van der Waals surface area (Å²) in [5, 5.41) is 4.12. The fraction of sp³-hybridized carbons (Fsp3) is 0.357. The van der Waals surface area contributed by atoms with Crippen LogP contribution in [0.25, 0.3) is 0 Å². The number of anilines is 2. The van der Waals surface area contributed by atoms with Crippen LogP contribution in [0.2, 0.25) is 0 Å². The Bertz CT molecular complexity index is 569. The van der Waals surface area contributed by atoms with Gasteiger partial charge in [-0.15, -0.1) is 11.3 Å². The van der Waals surface area contributed by atoms with Gasteiger partial charge in [0.2, 0.25) is 0 Å². The fourth-order valence-corrected chi connectivity index (χ4v) is 3.17. The number of benzene rings is 1. The number of hydrogen-bond acceptors (Lipinski definition) is 4. The quantitative estimate of drug-likeness (QED) is 0.824. The molecule has 0 aliphatic heterocycles. The SMILES string of the molecule is CCN(CC)c1ncc(CNc2cc(Br)ccc2F)s1. The van der Waals surface area contributed by atoms with Crippen LogP contribution in [0.3, 0.4) is 0 Å². The molecule has 0 bridgehead atoms. The smallest absolute Gasteiger partial charge is 0.185 e. The van der Waals surface area contributed by atoms with Crippen LogP contribution in [-0.4, -0.2) is 18.1 Å². The lowest BCUT2D eigenvalue weighted by Gasteiger charge is -2.16. The Morgan fingerprint density at radius 3 is 2.80 bits per heavy atom. The van der Waals surface area contributed by atoms with Gasteiger partial charge in [0.25, 0.3) is 0 Å². The summed E-state index contributed by atoms with van der Waals surface area (Å²) in [5.41, 5.74) is 0.497. The molecule has 20 heavy (non-hydrogen) atoms. The average Bonchev–Trinajstić information content (AvgIpc) is 2.90. The third kappa shape index (κ3) is 3.70. The Morgan fingerprint density at radius 2 is 2.10 bits per heavy atom. The zero-order chi connectivity index (χ0) is 14.5. The molecule has 6 heteroatoms. The summed E-state index contributed by atoms with van der Waals surface area (Å²) in [6.07, 6.45) is 1.85. The molecule has 1 aromatic carbocycles. The van der Waals surface area contributed by atoms with Crippen LogP contribution in [0.4, 0.5) is 15.2 Å². The first kappa shape index (κ1) is 15.3. The van der Waals surface area contributed by atoms with Crippen molar-refractivity contribution in [3.63, 3.8) is 0 Å². The van der Waals surface area contributed by atoms with Crippen LogP contribution in [0.15, 0.2) is 28.9 Å². The molecule has 0 aliphatic rings. The van der Waals surface area contributed by atoms with E-state index in [1.54, 1.807) is 23.5 Å². The molecule has 2 rings (SSSR count). The molecule has 0 amide bonds. The van der Waals surface area contributed by atoms with E-state index in [9.17, 15) is 4.39 Å². The lowest BCUT2D eigenvalue weighted by Crippen LogP contribution is -2.21. The largest absolute Gasteiger partial charge is 0.378 e. The molecule has 1 aromatic heterocycles. The normalized spacial score (nSPS) is 10.6. The third-order valence-electron chi connectivity index (χ3n) is 2.96. The summed E-state index contributed by atoms with van der Waals surface area (Å²) in [7, 11) is 0. The Hall–Kier alpha value is -1.14. The lowest BCUT2D eigenvalue weighted by molar-refractivity contribution is 0.630. The van der Waals surface area contributed by atoms with Gasteiger partial charge in [0, 0.05) is 28.6 Å². The van der Waals surface area contributed by atoms with Crippen molar-refractivity contribution in [2.75, 3.05) is 23.3 Å². The molecule has 0 fully saturated rings. The predicted octanol–water partition coefficient (Wildman–Crippen LogP) is 4.50. The second kappa shape index (κ2) is 7.04. The van der Waals surface area contributed by atoms with Crippen LogP contribution >= 0.6 is 27.3 Å². The van der Waals surface area contributed by atoms with Crippen molar-refractivity contribution in [1.29, 1.82) is 0 Å². The van der Waals surface area contributed by atoms with Crippen molar-refractivity contribution in [2.24, 2.45) is 0 Å². The zero-order valence-corrected chi connectivity index (χ0v) is 13.9. The zero-order valence-electron chi connectivity index (χ0n) is 11.5. The Labute approximate surface area is 131 Å². The second-order valence-electron chi connectivity index (χ2n) is 4.26. The molecule has 0 saturated heterocycles. The Kier molecular flexibility index (Phi) is 5.37. The van der Waals surface area contributed by atoms with Crippen LogP contribution < -0.4 is 10.2 Å². The second-order valence-corrected chi connectivity index (χ2v) is 6.27. The van der Waals surface area contributed by atoms with E-state index in [0.29, 0.717) is 12.2 Å². The number of thiazole rings is 1. The van der Waals surface area contributed by atoms with E-state index in [1.807, 2.05) is 6.20 Å². The standard InChI is InChI=1S/C14H17BrFN3S/c1-3-19(4-2)14-18-9-11(20-14)8-17-13-7-10(15)5-6-12(13)16/h5-7,9,17H,3-4,8H2,1-2H3. The maximum atomic E-state index is 13.6. The van der Waals surface area contributed by atoms with Crippen molar-refractivity contribution in [3.8, 4) is 0 Å². The molecule has 3 nitrogen and oxygen atoms in total. The maximum absolute atomic E-state index is 13.6. The number of nitrogens with one attached hydrogen (secondary N) is 1. The third-order valence-corrected chi connectivity index (χ3v) is 4.51. The summed E-state index contributed by atoms with van der Waals surface area (Å²) in [4.78, 5) is 7.70. The van der Waals surface area contributed by atoms with E-state index in [2.05, 4.69) is 45.0 Å². The summed E-state index contributed by atoms with van der Waals surface area (Å²) < 4.78 is 14.5. The highest BCUT2D eigenvalue weighted by Crippen LogP contribution is 2.25. The van der Waals surface area contributed by atoms with Crippen molar-refractivity contribution >= 4 is 38.1 Å². The van der Waals surface area contributed by atoms with Crippen molar-refractivity contribution in [1.82, 2.24) is 4.98 Å². The van der Waals surface area contributed by atoms with E-state index in [1.165, 1.54) is 6.07 Å². The van der Waals surface area contributed by atoms with Crippen LogP contribution in [0.5, 0.6) is 0 Å². The molecule has 0 saturated carbocycles. The van der Waals surface area contributed by atoms with Gasteiger partial charge in [-0.3, -0.25) is 0 Å². The van der Waals surface area contributed by atoms with Gasteiger partial charge in [-0.25, -0.2) is 9.37 Å². The van der Waals surface area contributed by atoms with E-state index < -0.39 is 0 Å². The topological polar surface area (TPSA) is 28.2 Å². The van der Waals surface area contributed by atoms with Crippen molar-refractivity contribution in [2.45, 2.75) is 20.4 Å². The molecule has 0 radical (unpaired) electrons. The van der Waals surface area contributed by atoms with Gasteiger partial charge in [0.1, 0.15) is 5.82 Å². The van der Waals surface area contributed by atoms with Crippen molar-refractivity contribution in [3.05, 3.63) is 39.6 Å². The number of rotatable bonds is 6. The molecule has 0 unspecified atom stereocenters. The van der Waals surface area contributed by atoms with E-state index in [0.717, 1.165) is 27.6 Å². The van der Waals surface area contributed by atoms with Gasteiger partial charge < -0.3 is 10.2 Å². The molecule has 108 valence electrons. The first-order chi connectivity index (χ1) is 9.63. The minimum Gasteiger partial charge on any atom is -0.378 e. The summed E-state index contributed by atoms with van der Waals surface area (Å²) >= 11 is 4.98. The highest BCUT2D eigenvalue weighted by molar-refractivity contribution is 9.10. The molecular formula is C14H17BrFN3S. The lowest BCUT2D eigenvalue weighted by atomic mass is 10.3. The van der Waals surface area contributed by atoms with Crippen LogP contribution in [-0.2, 0) is 6.54 Å². The fourth-order valence-electron chi connectivity index (χ4n) is 1.83. The van der Waals surface area contributed by atoms with Gasteiger partial charge in [0.05, 0.1) is 12.2 Å². The summed E-state index contributed by atoms with van der Waals surface area (Å²) in [5.74, 6) is -0.248. The van der Waals surface area contributed by atoms with Gasteiger partial charge in [-0.1, -0.05) is 15.9 Å². The number of nitrogens with zero attached hydrogens (tertiary/aromatic N) is 2. The minimum atomic E-state index is -0.248. The van der Waals surface area contributed by atoms with Crippen LogP contribution in [0, 0.1) is 5.82 Å². The average molecular weight is 358 g/mol. The van der Waals surface area contributed by atoms with E-state index in [-0.39, 0.29) is 5.82 Å². The molecule has 0 spiro atoms. The first-order valence-electron chi connectivity index (χ1n) is 6.52. The van der Waals surface area contributed by atoms with Crippen LogP contribution in [0.1, 0.15) is 18.7 Å². The van der Waals surface area contributed by atoms with Gasteiger partial charge in [-0.2, -0.15) is 0 Å². The number of aromatic nitrogens is 1. The first-order valence-corrected chi connectivity index (χ1v) is 8.13. The summed E-state index contributed by atoms with van der Waals surface area (Å²) in [6.45, 7) is 6.68. The Balaban J connectivity index is 2.02. The van der Waals surface area contributed by atoms with E-state index >= 15 is 0 Å². The van der Waals surface area contributed by atoms with Gasteiger partial charge >= 0.3 is 0 Å². The van der Waals surface area contributed by atoms with Crippen molar-refractivity contribution < 1.29 is 4.39 Å². The minimum absolute atomic E-state index is 0.248. The van der Waals surface area contributed by atoms with E-state index in [4.69, 9.17) is 0 Å². The molecule has 0 aliphatic carbocycles. The highest BCUT2D eigenvalue weighted by atomic mass is 79.9.